The Morgan fingerprint density at radius 2 is 2.25 bits per heavy atom. The molecule has 1 aliphatic rings. The first-order chi connectivity index (χ1) is 5.65. The van der Waals surface area contributed by atoms with E-state index in [0.29, 0.717) is 12.0 Å². The molecule has 0 aliphatic heterocycles. The summed E-state index contributed by atoms with van der Waals surface area (Å²) < 4.78 is 0. The monoisotopic (exact) mass is 165 g/mol. The molecule has 0 saturated heterocycles. The Hall–Kier alpha value is -0.890. The summed E-state index contributed by atoms with van der Waals surface area (Å²) in [5.74, 6) is 0.548. The average molecular weight is 165 g/mol. The van der Waals surface area contributed by atoms with Crippen molar-refractivity contribution in [3.8, 4) is 0 Å². The summed E-state index contributed by atoms with van der Waals surface area (Å²) in [5.41, 5.74) is 0.828. The lowest BCUT2D eigenvalue weighted by molar-refractivity contribution is -0.113. The quantitative estimate of drug-likeness (QED) is 0.668. The second-order valence-corrected chi connectivity index (χ2v) is 3.21. The number of nitrogens with one attached hydrogen (secondary N) is 1. The number of carbonyl (C=O) groups is 1. The van der Waals surface area contributed by atoms with Gasteiger partial charge in [-0.2, -0.15) is 0 Å². The van der Waals surface area contributed by atoms with Gasteiger partial charge in [-0.25, -0.2) is 0 Å². The molecule has 0 heterocycles. The highest BCUT2D eigenvalue weighted by Crippen LogP contribution is 2.16. The summed E-state index contributed by atoms with van der Waals surface area (Å²) in [5, 5.41) is 3.17. The van der Waals surface area contributed by atoms with Gasteiger partial charge in [0.05, 0.1) is 0 Å². The van der Waals surface area contributed by atoms with Crippen LogP contribution in [-0.4, -0.2) is 18.9 Å². The molecule has 0 spiro atoms. The van der Waals surface area contributed by atoms with Gasteiger partial charge in [-0.1, -0.05) is 25.2 Å². The van der Waals surface area contributed by atoms with Crippen molar-refractivity contribution in [3.05, 3.63) is 23.8 Å². The van der Waals surface area contributed by atoms with Crippen molar-refractivity contribution in [2.75, 3.05) is 7.05 Å². The normalized spacial score (nSPS) is 28.4. The van der Waals surface area contributed by atoms with E-state index in [1.165, 1.54) is 0 Å². The highest BCUT2D eigenvalue weighted by Gasteiger charge is 2.15. The molecule has 2 unspecified atom stereocenters. The Kier molecular flexibility index (Phi) is 2.82. The lowest BCUT2D eigenvalue weighted by Crippen LogP contribution is -2.31. The van der Waals surface area contributed by atoms with E-state index >= 15 is 0 Å². The minimum atomic E-state index is 0.146. The summed E-state index contributed by atoms with van der Waals surface area (Å²) in [6.45, 7) is 3.70. The third kappa shape index (κ3) is 1.83. The molecule has 1 aliphatic carbocycles. The Bertz CT molecular complexity index is 240. The van der Waals surface area contributed by atoms with Gasteiger partial charge in [-0.15, -0.1) is 0 Å². The van der Waals surface area contributed by atoms with E-state index in [2.05, 4.69) is 12.2 Å². The molecule has 0 aromatic rings. The summed E-state index contributed by atoms with van der Waals surface area (Å²) in [6, 6.07) is 0.369. The maximum Gasteiger partial charge on any atom is 0.159 e. The molecule has 0 amide bonds. The van der Waals surface area contributed by atoms with Crippen molar-refractivity contribution < 1.29 is 4.79 Å². The molecule has 2 heteroatoms. The zero-order valence-corrected chi connectivity index (χ0v) is 7.79. The Morgan fingerprint density at radius 3 is 2.67 bits per heavy atom. The zero-order chi connectivity index (χ0) is 9.14. The molecule has 1 rings (SSSR count). The van der Waals surface area contributed by atoms with E-state index in [4.69, 9.17) is 0 Å². The predicted octanol–water partition coefficient (Wildman–Crippen LogP) is 1.30. The SMILES string of the molecule is CNC1C=CC(C(C)=O)=CC1C. The Balaban J connectivity index is 2.75. The molecule has 12 heavy (non-hydrogen) atoms. The van der Waals surface area contributed by atoms with Crippen LogP contribution < -0.4 is 5.32 Å². The van der Waals surface area contributed by atoms with Crippen molar-refractivity contribution in [1.29, 1.82) is 0 Å². The van der Waals surface area contributed by atoms with Crippen molar-refractivity contribution in [2.45, 2.75) is 19.9 Å². The van der Waals surface area contributed by atoms with Gasteiger partial charge >= 0.3 is 0 Å². The van der Waals surface area contributed by atoms with Gasteiger partial charge in [0.25, 0.3) is 0 Å². The number of likely N-dealkylation sites (N-methyl/N-ethyl adjacent to an activating group) is 1. The van der Waals surface area contributed by atoms with Gasteiger partial charge in [0, 0.05) is 11.6 Å². The highest BCUT2D eigenvalue weighted by atomic mass is 16.1. The van der Waals surface area contributed by atoms with Gasteiger partial charge in [-0.3, -0.25) is 4.79 Å². The van der Waals surface area contributed by atoms with E-state index in [-0.39, 0.29) is 5.78 Å². The number of carbonyl (C=O) groups excluding carboxylic acids is 1. The lowest BCUT2D eigenvalue weighted by atomic mass is 9.92. The number of hydrogen-bond donors (Lipinski definition) is 1. The molecule has 2 nitrogen and oxygen atoms in total. The zero-order valence-electron chi connectivity index (χ0n) is 7.79. The van der Waals surface area contributed by atoms with E-state index in [1.807, 2.05) is 25.3 Å². The van der Waals surface area contributed by atoms with Crippen molar-refractivity contribution in [2.24, 2.45) is 5.92 Å². The number of ketones is 1. The molecule has 0 fully saturated rings. The number of rotatable bonds is 2. The van der Waals surface area contributed by atoms with Crippen LogP contribution in [0, 0.1) is 5.92 Å². The third-order valence-electron chi connectivity index (χ3n) is 2.23. The maximum absolute atomic E-state index is 11.0. The molecular formula is C10H15NO. The number of Topliss-reactive ketones (excluding diaryl/α,β-unsaturated/α-hetero) is 1. The molecule has 0 radical (unpaired) electrons. The van der Waals surface area contributed by atoms with Crippen molar-refractivity contribution >= 4 is 5.78 Å². The van der Waals surface area contributed by atoms with Gasteiger partial charge in [-0.05, 0) is 19.9 Å². The average Bonchev–Trinajstić information content (AvgIpc) is 2.04. The Morgan fingerprint density at radius 1 is 1.58 bits per heavy atom. The van der Waals surface area contributed by atoms with Crippen LogP contribution in [-0.2, 0) is 4.79 Å². The summed E-state index contributed by atoms with van der Waals surface area (Å²) >= 11 is 0. The molecule has 0 aromatic carbocycles. The lowest BCUT2D eigenvalue weighted by Gasteiger charge is -2.21. The summed E-state index contributed by atoms with van der Waals surface area (Å²) in [4.78, 5) is 11.0. The molecule has 2 atom stereocenters. The summed E-state index contributed by atoms with van der Waals surface area (Å²) in [6.07, 6.45) is 5.95. The molecule has 0 aromatic heterocycles. The topological polar surface area (TPSA) is 29.1 Å². The van der Waals surface area contributed by atoms with E-state index < -0.39 is 0 Å². The highest BCUT2D eigenvalue weighted by molar-refractivity contribution is 5.96. The number of hydrogen-bond acceptors (Lipinski definition) is 2. The largest absolute Gasteiger partial charge is 0.313 e. The molecular weight excluding hydrogens is 150 g/mol. The number of allylic oxidation sites excluding steroid dienone is 2. The Labute approximate surface area is 73.4 Å². The van der Waals surface area contributed by atoms with Crippen LogP contribution in [0.25, 0.3) is 0 Å². The van der Waals surface area contributed by atoms with Crippen LogP contribution in [0.1, 0.15) is 13.8 Å². The first-order valence-corrected chi connectivity index (χ1v) is 4.23. The predicted molar refractivity (Wildman–Crippen MR) is 49.9 cm³/mol. The molecule has 1 N–H and O–H groups in total. The van der Waals surface area contributed by atoms with Gasteiger partial charge < -0.3 is 5.32 Å². The smallest absolute Gasteiger partial charge is 0.159 e. The van der Waals surface area contributed by atoms with Crippen LogP contribution in [0.3, 0.4) is 0 Å². The minimum absolute atomic E-state index is 0.146. The molecule has 0 saturated carbocycles. The van der Waals surface area contributed by atoms with Crippen LogP contribution in [0.2, 0.25) is 0 Å². The van der Waals surface area contributed by atoms with Crippen LogP contribution in [0.15, 0.2) is 23.8 Å². The van der Waals surface area contributed by atoms with E-state index in [0.717, 1.165) is 5.57 Å². The van der Waals surface area contributed by atoms with E-state index in [1.54, 1.807) is 6.92 Å². The fourth-order valence-corrected chi connectivity index (χ4v) is 1.42. The van der Waals surface area contributed by atoms with Crippen molar-refractivity contribution in [3.63, 3.8) is 0 Å². The molecule has 66 valence electrons. The summed E-state index contributed by atoms with van der Waals surface area (Å²) in [7, 11) is 1.93. The maximum atomic E-state index is 11.0. The first-order valence-electron chi connectivity index (χ1n) is 4.23. The van der Waals surface area contributed by atoms with Gasteiger partial charge in [0.1, 0.15) is 0 Å². The van der Waals surface area contributed by atoms with Crippen LogP contribution in [0.5, 0.6) is 0 Å². The minimum Gasteiger partial charge on any atom is -0.313 e. The van der Waals surface area contributed by atoms with E-state index in [9.17, 15) is 4.79 Å². The van der Waals surface area contributed by atoms with Gasteiger partial charge in [0.2, 0.25) is 0 Å². The first kappa shape index (κ1) is 9.20. The van der Waals surface area contributed by atoms with Gasteiger partial charge in [0.15, 0.2) is 5.78 Å². The fraction of sp³-hybridized carbons (Fsp3) is 0.500. The second kappa shape index (κ2) is 3.68. The molecule has 0 bridgehead atoms. The third-order valence-corrected chi connectivity index (χ3v) is 2.23. The standard InChI is InChI=1S/C10H15NO/c1-7-6-9(8(2)12)4-5-10(7)11-3/h4-7,10-11H,1-3H3. The fourth-order valence-electron chi connectivity index (χ4n) is 1.42. The van der Waals surface area contributed by atoms with Crippen LogP contribution in [0.4, 0.5) is 0 Å². The van der Waals surface area contributed by atoms with Crippen molar-refractivity contribution in [1.82, 2.24) is 5.32 Å². The van der Waals surface area contributed by atoms with Crippen LogP contribution >= 0.6 is 0 Å². The second-order valence-electron chi connectivity index (χ2n) is 3.21.